The van der Waals surface area contributed by atoms with Crippen molar-refractivity contribution < 1.29 is 4.74 Å². The van der Waals surface area contributed by atoms with Crippen LogP contribution >= 0.6 is 0 Å². The highest BCUT2D eigenvalue weighted by Gasteiger charge is 2.38. The minimum absolute atomic E-state index is 0.110. The Hall–Kier alpha value is -0.930. The van der Waals surface area contributed by atoms with Crippen molar-refractivity contribution in [3.8, 4) is 0 Å². The van der Waals surface area contributed by atoms with Gasteiger partial charge in [-0.1, -0.05) is 6.92 Å². The number of hydrogen-bond donors (Lipinski definition) is 1. The highest BCUT2D eigenvalue weighted by atomic mass is 16.5. The van der Waals surface area contributed by atoms with Crippen LogP contribution in [0.1, 0.15) is 56.7 Å². The number of aromatic nitrogens is 1. The second-order valence-corrected chi connectivity index (χ2v) is 5.74. The summed E-state index contributed by atoms with van der Waals surface area (Å²) in [5, 5.41) is 3.67. The van der Waals surface area contributed by atoms with Crippen molar-refractivity contribution in [2.45, 2.75) is 58.1 Å². The van der Waals surface area contributed by atoms with Gasteiger partial charge in [-0.2, -0.15) is 0 Å². The topological polar surface area (TPSA) is 34.2 Å². The molecule has 1 N–H and O–H groups in total. The molecule has 2 unspecified atom stereocenters. The SMILES string of the molecule is CCCNC(c1cnccc1C)C1(C)CCCCO1. The smallest absolute Gasteiger partial charge is 0.0849 e. The Labute approximate surface area is 116 Å². The van der Waals surface area contributed by atoms with Gasteiger partial charge in [0.1, 0.15) is 0 Å². The Kier molecular flexibility index (Phi) is 4.94. The van der Waals surface area contributed by atoms with Crippen LogP contribution in [0.5, 0.6) is 0 Å². The lowest BCUT2D eigenvalue weighted by atomic mass is 9.83. The zero-order valence-electron chi connectivity index (χ0n) is 12.4. The fraction of sp³-hybridized carbons (Fsp3) is 0.688. The van der Waals surface area contributed by atoms with Crippen molar-refractivity contribution in [2.24, 2.45) is 0 Å². The highest BCUT2D eigenvalue weighted by molar-refractivity contribution is 5.27. The van der Waals surface area contributed by atoms with Crippen LogP contribution in [0.2, 0.25) is 0 Å². The molecular weight excluding hydrogens is 236 g/mol. The summed E-state index contributed by atoms with van der Waals surface area (Å²) >= 11 is 0. The Morgan fingerprint density at radius 2 is 2.32 bits per heavy atom. The second-order valence-electron chi connectivity index (χ2n) is 5.74. The van der Waals surface area contributed by atoms with Gasteiger partial charge in [0.25, 0.3) is 0 Å². The zero-order valence-corrected chi connectivity index (χ0v) is 12.4. The van der Waals surface area contributed by atoms with Crippen LogP contribution in [-0.4, -0.2) is 23.7 Å². The van der Waals surface area contributed by atoms with E-state index in [-0.39, 0.29) is 11.6 Å². The largest absolute Gasteiger partial charge is 0.373 e. The average molecular weight is 262 g/mol. The zero-order chi connectivity index (χ0) is 13.7. The van der Waals surface area contributed by atoms with E-state index in [1.165, 1.54) is 24.0 Å². The third-order valence-electron chi connectivity index (χ3n) is 4.10. The molecule has 1 saturated heterocycles. The van der Waals surface area contributed by atoms with Crippen molar-refractivity contribution >= 4 is 0 Å². The van der Waals surface area contributed by atoms with Gasteiger partial charge in [0, 0.05) is 19.0 Å². The quantitative estimate of drug-likeness (QED) is 0.883. The lowest BCUT2D eigenvalue weighted by Gasteiger charge is -2.41. The van der Waals surface area contributed by atoms with E-state index >= 15 is 0 Å². The number of aryl methyl sites for hydroxylation is 1. The van der Waals surface area contributed by atoms with E-state index in [1.807, 2.05) is 12.4 Å². The minimum atomic E-state index is -0.110. The molecule has 1 aromatic rings. The van der Waals surface area contributed by atoms with E-state index in [4.69, 9.17) is 4.74 Å². The first-order chi connectivity index (χ1) is 9.17. The molecule has 0 saturated carbocycles. The summed E-state index contributed by atoms with van der Waals surface area (Å²) in [4.78, 5) is 4.30. The molecular formula is C16H26N2O. The lowest BCUT2D eigenvalue weighted by molar-refractivity contribution is -0.0899. The maximum atomic E-state index is 6.14. The molecule has 2 heterocycles. The first-order valence-electron chi connectivity index (χ1n) is 7.45. The number of pyridine rings is 1. The molecule has 1 aliphatic rings. The Morgan fingerprint density at radius 1 is 1.47 bits per heavy atom. The van der Waals surface area contributed by atoms with Crippen LogP contribution in [0, 0.1) is 6.92 Å². The predicted molar refractivity (Wildman–Crippen MR) is 78.2 cm³/mol. The van der Waals surface area contributed by atoms with Crippen LogP contribution in [0.25, 0.3) is 0 Å². The molecule has 2 atom stereocenters. The fourth-order valence-electron chi connectivity index (χ4n) is 2.91. The predicted octanol–water partition coefficient (Wildman–Crippen LogP) is 3.39. The van der Waals surface area contributed by atoms with Crippen molar-refractivity contribution in [3.63, 3.8) is 0 Å². The molecule has 3 heteroatoms. The molecule has 1 aliphatic heterocycles. The van der Waals surface area contributed by atoms with Crippen LogP contribution in [0.3, 0.4) is 0 Å². The average Bonchev–Trinajstić information content (AvgIpc) is 2.42. The number of hydrogen-bond acceptors (Lipinski definition) is 3. The normalized spacial score (nSPS) is 25.2. The molecule has 0 aromatic carbocycles. The van der Waals surface area contributed by atoms with Gasteiger partial charge >= 0.3 is 0 Å². The maximum Gasteiger partial charge on any atom is 0.0849 e. The van der Waals surface area contributed by atoms with E-state index in [9.17, 15) is 0 Å². The lowest BCUT2D eigenvalue weighted by Crippen LogP contribution is -2.46. The highest BCUT2D eigenvalue weighted by Crippen LogP contribution is 2.37. The fourth-order valence-corrected chi connectivity index (χ4v) is 2.91. The van der Waals surface area contributed by atoms with Gasteiger partial charge in [-0.15, -0.1) is 0 Å². The molecule has 1 fully saturated rings. The van der Waals surface area contributed by atoms with Crippen molar-refractivity contribution in [1.82, 2.24) is 10.3 Å². The number of ether oxygens (including phenoxy) is 1. The number of nitrogens with one attached hydrogen (secondary N) is 1. The van der Waals surface area contributed by atoms with E-state index in [1.54, 1.807) is 0 Å². The third-order valence-corrected chi connectivity index (χ3v) is 4.10. The Bertz CT molecular complexity index is 399. The summed E-state index contributed by atoms with van der Waals surface area (Å²) in [6.45, 7) is 8.48. The van der Waals surface area contributed by atoms with E-state index in [0.717, 1.165) is 26.0 Å². The minimum Gasteiger partial charge on any atom is -0.373 e. The molecule has 0 amide bonds. The van der Waals surface area contributed by atoms with Crippen LogP contribution in [-0.2, 0) is 4.74 Å². The van der Waals surface area contributed by atoms with Gasteiger partial charge in [0.2, 0.25) is 0 Å². The van der Waals surface area contributed by atoms with Crippen LogP contribution in [0.15, 0.2) is 18.5 Å². The van der Waals surface area contributed by atoms with Crippen molar-refractivity contribution in [1.29, 1.82) is 0 Å². The van der Waals surface area contributed by atoms with Gasteiger partial charge in [0.05, 0.1) is 11.6 Å². The number of rotatable bonds is 5. The second kappa shape index (κ2) is 6.49. The summed E-state index contributed by atoms with van der Waals surface area (Å²) in [5.41, 5.74) is 2.46. The number of nitrogens with zero attached hydrogens (tertiary/aromatic N) is 1. The van der Waals surface area contributed by atoms with Gasteiger partial charge in [0.15, 0.2) is 0 Å². The van der Waals surface area contributed by atoms with E-state index in [0.29, 0.717) is 0 Å². The summed E-state index contributed by atoms with van der Waals surface area (Å²) in [7, 11) is 0. The standard InChI is InChI=1S/C16H26N2O/c1-4-9-18-15(14-12-17-10-7-13(14)2)16(3)8-5-6-11-19-16/h7,10,12,15,18H,4-6,8-9,11H2,1-3H3. The Balaban J connectivity index is 2.27. The first-order valence-corrected chi connectivity index (χ1v) is 7.45. The summed E-state index contributed by atoms with van der Waals surface area (Å²) < 4.78 is 6.14. The van der Waals surface area contributed by atoms with Gasteiger partial charge in [-0.05, 0) is 63.3 Å². The van der Waals surface area contributed by atoms with Crippen molar-refractivity contribution in [3.05, 3.63) is 29.6 Å². The van der Waals surface area contributed by atoms with Crippen LogP contribution < -0.4 is 5.32 Å². The van der Waals surface area contributed by atoms with Gasteiger partial charge in [-0.3, -0.25) is 4.98 Å². The van der Waals surface area contributed by atoms with Crippen molar-refractivity contribution in [2.75, 3.05) is 13.2 Å². The third kappa shape index (κ3) is 3.34. The summed E-state index contributed by atoms with van der Waals surface area (Å²) in [6.07, 6.45) is 8.53. The summed E-state index contributed by atoms with van der Waals surface area (Å²) in [5.74, 6) is 0. The van der Waals surface area contributed by atoms with E-state index in [2.05, 4.69) is 37.1 Å². The van der Waals surface area contributed by atoms with Gasteiger partial charge < -0.3 is 10.1 Å². The van der Waals surface area contributed by atoms with E-state index < -0.39 is 0 Å². The molecule has 0 spiro atoms. The molecule has 0 radical (unpaired) electrons. The van der Waals surface area contributed by atoms with Gasteiger partial charge in [-0.25, -0.2) is 0 Å². The molecule has 3 nitrogen and oxygen atoms in total. The molecule has 2 rings (SSSR count). The monoisotopic (exact) mass is 262 g/mol. The van der Waals surface area contributed by atoms with Crippen LogP contribution in [0.4, 0.5) is 0 Å². The molecule has 0 aliphatic carbocycles. The Morgan fingerprint density at radius 3 is 2.95 bits per heavy atom. The molecule has 1 aromatic heterocycles. The molecule has 19 heavy (non-hydrogen) atoms. The molecule has 0 bridgehead atoms. The summed E-state index contributed by atoms with van der Waals surface area (Å²) in [6, 6.07) is 2.32. The molecule has 106 valence electrons. The first kappa shape index (κ1) is 14.5. The maximum absolute atomic E-state index is 6.14.